The third-order valence-electron chi connectivity index (χ3n) is 1.02. The molecule has 1 heterocycles. The van der Waals surface area contributed by atoms with Crippen LogP contribution in [0.15, 0.2) is 0 Å². The molecule has 0 radical (unpaired) electrons. The van der Waals surface area contributed by atoms with Crippen molar-refractivity contribution in [2.75, 3.05) is 7.11 Å². The van der Waals surface area contributed by atoms with Crippen molar-refractivity contribution in [2.45, 2.75) is 19.6 Å². The largest absolute Gasteiger partial charge is 0.354 e. The summed E-state index contributed by atoms with van der Waals surface area (Å²) in [6, 6.07) is 0. The lowest BCUT2D eigenvalue weighted by Gasteiger charge is -2.03. The molecule has 0 aromatic carbocycles. The maximum absolute atomic E-state index is 8.75. The zero-order valence-corrected chi connectivity index (χ0v) is 4.87. The lowest BCUT2D eigenvalue weighted by atomic mass is 10.7. The van der Waals surface area contributed by atoms with Crippen LogP contribution in [0.5, 0.6) is 0 Å². The number of hydroxylamine groups is 2. The SMILES string of the molecule is COC(O)N1OC1C. The molecule has 1 rings (SSSR count). The maximum Gasteiger partial charge on any atom is 0.240 e. The molecule has 1 aliphatic rings. The molecule has 4 heteroatoms. The van der Waals surface area contributed by atoms with Gasteiger partial charge in [-0.15, -0.1) is 5.06 Å². The van der Waals surface area contributed by atoms with Gasteiger partial charge in [0.25, 0.3) is 0 Å². The topological polar surface area (TPSA) is 45.0 Å². The molecule has 0 aliphatic carbocycles. The van der Waals surface area contributed by atoms with E-state index in [1.54, 1.807) is 0 Å². The Hall–Kier alpha value is -0.160. The van der Waals surface area contributed by atoms with Crippen LogP contribution in [-0.4, -0.2) is 29.9 Å². The van der Waals surface area contributed by atoms with Crippen molar-refractivity contribution in [3.8, 4) is 0 Å². The predicted octanol–water partition coefficient (Wildman–Crippen LogP) is -0.498. The van der Waals surface area contributed by atoms with E-state index in [4.69, 9.17) is 9.94 Å². The van der Waals surface area contributed by atoms with Crippen LogP contribution in [0, 0.1) is 0 Å². The molecule has 1 saturated heterocycles. The number of methoxy groups -OCH3 is 1. The fourth-order valence-electron chi connectivity index (χ4n) is 0.484. The van der Waals surface area contributed by atoms with Gasteiger partial charge in [-0.05, 0) is 6.92 Å². The first-order chi connectivity index (χ1) is 3.75. The van der Waals surface area contributed by atoms with Gasteiger partial charge >= 0.3 is 0 Å². The zero-order valence-electron chi connectivity index (χ0n) is 4.87. The van der Waals surface area contributed by atoms with Crippen LogP contribution in [0.1, 0.15) is 6.92 Å². The minimum Gasteiger partial charge on any atom is -0.354 e. The summed E-state index contributed by atoms with van der Waals surface area (Å²) >= 11 is 0. The molecule has 0 aromatic heterocycles. The summed E-state index contributed by atoms with van der Waals surface area (Å²) in [4.78, 5) is 4.73. The van der Waals surface area contributed by atoms with Crippen molar-refractivity contribution in [3.05, 3.63) is 0 Å². The summed E-state index contributed by atoms with van der Waals surface area (Å²) in [6.07, 6.45) is -0.894. The van der Waals surface area contributed by atoms with E-state index in [0.717, 1.165) is 0 Å². The Morgan fingerprint density at radius 3 is 2.50 bits per heavy atom. The minimum atomic E-state index is -0.898. The van der Waals surface area contributed by atoms with Crippen molar-refractivity contribution in [1.29, 1.82) is 0 Å². The summed E-state index contributed by atoms with van der Waals surface area (Å²) < 4.78 is 4.50. The molecule has 0 amide bonds. The number of nitrogens with zero attached hydrogens (tertiary/aromatic N) is 1. The average molecular weight is 119 g/mol. The van der Waals surface area contributed by atoms with E-state index in [1.807, 2.05) is 6.92 Å². The first-order valence-corrected chi connectivity index (χ1v) is 2.41. The van der Waals surface area contributed by atoms with Crippen LogP contribution in [-0.2, 0) is 9.57 Å². The van der Waals surface area contributed by atoms with Gasteiger partial charge in [-0.2, -0.15) is 0 Å². The summed E-state index contributed by atoms with van der Waals surface area (Å²) in [5.41, 5.74) is 0. The molecular weight excluding hydrogens is 110 g/mol. The summed E-state index contributed by atoms with van der Waals surface area (Å²) in [6.45, 7) is 1.82. The highest BCUT2D eigenvalue weighted by molar-refractivity contribution is 4.55. The van der Waals surface area contributed by atoms with Gasteiger partial charge in [0.2, 0.25) is 6.41 Å². The smallest absolute Gasteiger partial charge is 0.240 e. The fourth-order valence-corrected chi connectivity index (χ4v) is 0.484. The van der Waals surface area contributed by atoms with E-state index in [0.29, 0.717) is 0 Å². The van der Waals surface area contributed by atoms with Crippen LogP contribution in [0.3, 0.4) is 0 Å². The second-order valence-corrected chi connectivity index (χ2v) is 1.63. The van der Waals surface area contributed by atoms with Crippen molar-refractivity contribution >= 4 is 0 Å². The molecule has 1 fully saturated rings. The van der Waals surface area contributed by atoms with E-state index in [1.165, 1.54) is 12.2 Å². The Bertz CT molecular complexity index is 85.4. The molecule has 8 heavy (non-hydrogen) atoms. The number of hydrogen-bond donors (Lipinski definition) is 1. The molecule has 1 aliphatic heterocycles. The third-order valence-corrected chi connectivity index (χ3v) is 1.02. The Morgan fingerprint density at radius 2 is 2.38 bits per heavy atom. The lowest BCUT2D eigenvalue weighted by molar-refractivity contribution is -0.179. The molecule has 3 unspecified atom stereocenters. The summed E-state index contributed by atoms with van der Waals surface area (Å²) in [5, 5.41) is 10.1. The van der Waals surface area contributed by atoms with Crippen LogP contribution in [0.25, 0.3) is 0 Å². The van der Waals surface area contributed by atoms with Crippen molar-refractivity contribution in [2.24, 2.45) is 0 Å². The molecule has 0 spiro atoms. The lowest BCUT2D eigenvalue weighted by Crippen LogP contribution is -2.20. The predicted molar refractivity (Wildman–Crippen MR) is 25.4 cm³/mol. The molecule has 4 nitrogen and oxygen atoms in total. The molecular formula is C4H9NO3. The van der Waals surface area contributed by atoms with Crippen molar-refractivity contribution in [3.63, 3.8) is 0 Å². The van der Waals surface area contributed by atoms with Gasteiger partial charge in [-0.25, -0.2) is 0 Å². The number of rotatable bonds is 2. The van der Waals surface area contributed by atoms with Crippen LogP contribution >= 0.6 is 0 Å². The zero-order chi connectivity index (χ0) is 6.15. The number of aliphatic hydroxyl groups excluding tert-OH is 1. The van der Waals surface area contributed by atoms with Gasteiger partial charge < -0.3 is 9.84 Å². The van der Waals surface area contributed by atoms with Gasteiger partial charge in [-0.1, -0.05) is 0 Å². The number of aliphatic hydroxyl groups is 1. The summed E-state index contributed by atoms with van der Waals surface area (Å²) in [5.74, 6) is 0. The minimum absolute atomic E-state index is 0.00458. The second-order valence-electron chi connectivity index (χ2n) is 1.63. The highest BCUT2D eigenvalue weighted by Gasteiger charge is 2.37. The highest BCUT2D eigenvalue weighted by Crippen LogP contribution is 2.21. The van der Waals surface area contributed by atoms with Crippen LogP contribution in [0.4, 0.5) is 0 Å². The number of hydrogen-bond acceptors (Lipinski definition) is 4. The monoisotopic (exact) mass is 119 g/mol. The van der Waals surface area contributed by atoms with Gasteiger partial charge in [0.15, 0.2) is 6.23 Å². The molecule has 3 atom stereocenters. The van der Waals surface area contributed by atoms with E-state index in [-0.39, 0.29) is 6.23 Å². The molecule has 48 valence electrons. The second kappa shape index (κ2) is 1.99. The standard InChI is InChI=1S/C4H9NO3/c1-3-5(8-3)4(6)7-2/h3-4,6H,1-2H3. The van der Waals surface area contributed by atoms with Gasteiger partial charge in [-0.3, -0.25) is 4.84 Å². The van der Waals surface area contributed by atoms with Crippen molar-refractivity contribution < 1.29 is 14.7 Å². The Kier molecular flexibility index (Phi) is 1.48. The Labute approximate surface area is 47.6 Å². The molecule has 0 saturated carbocycles. The fraction of sp³-hybridized carbons (Fsp3) is 1.00. The normalized spacial score (nSPS) is 39.4. The van der Waals surface area contributed by atoms with Gasteiger partial charge in [0.1, 0.15) is 0 Å². The van der Waals surface area contributed by atoms with Crippen molar-refractivity contribution in [1.82, 2.24) is 5.06 Å². The quantitative estimate of drug-likeness (QED) is 0.393. The first kappa shape index (κ1) is 5.97. The van der Waals surface area contributed by atoms with Crippen LogP contribution in [0.2, 0.25) is 0 Å². The molecule has 1 N–H and O–H groups in total. The Morgan fingerprint density at radius 1 is 1.88 bits per heavy atom. The van der Waals surface area contributed by atoms with Crippen LogP contribution < -0.4 is 0 Å². The Balaban J connectivity index is 2.18. The third kappa shape index (κ3) is 0.976. The average Bonchev–Trinajstić information content (AvgIpc) is 2.45. The highest BCUT2D eigenvalue weighted by atomic mass is 16.9. The molecule has 0 aromatic rings. The first-order valence-electron chi connectivity index (χ1n) is 2.41. The molecule has 0 bridgehead atoms. The van der Waals surface area contributed by atoms with Gasteiger partial charge in [0, 0.05) is 7.11 Å². The van der Waals surface area contributed by atoms with Gasteiger partial charge in [0.05, 0.1) is 0 Å². The van der Waals surface area contributed by atoms with E-state index in [2.05, 4.69) is 4.74 Å². The van der Waals surface area contributed by atoms with E-state index < -0.39 is 6.41 Å². The van der Waals surface area contributed by atoms with E-state index >= 15 is 0 Å². The summed E-state index contributed by atoms with van der Waals surface area (Å²) in [7, 11) is 1.42. The maximum atomic E-state index is 8.75. The number of ether oxygens (including phenoxy) is 1. The van der Waals surface area contributed by atoms with E-state index in [9.17, 15) is 0 Å².